The van der Waals surface area contributed by atoms with E-state index in [0.717, 1.165) is 28.0 Å². The molecule has 3 aromatic rings. The van der Waals surface area contributed by atoms with Crippen molar-refractivity contribution in [2.75, 3.05) is 6.61 Å². The molecule has 2 N–H and O–H groups in total. The van der Waals surface area contributed by atoms with Gasteiger partial charge in [0.25, 0.3) is 0 Å². The fraction of sp³-hybridized carbons (Fsp3) is 0.208. The van der Waals surface area contributed by atoms with E-state index in [1.54, 1.807) is 6.92 Å². The Morgan fingerprint density at radius 2 is 1.64 bits per heavy atom. The molecular formula is C24H25NO3. The number of ether oxygens (including phenoxy) is 2. The molecule has 3 aromatic carbocycles. The highest BCUT2D eigenvalue weighted by Gasteiger charge is 2.15. The van der Waals surface area contributed by atoms with Crippen molar-refractivity contribution < 1.29 is 14.3 Å². The SMILES string of the molecule is CCOC(=O)[C@H](N)Cc1cccc(-c2ccccc2OCc2ccccc2)c1. The van der Waals surface area contributed by atoms with Gasteiger partial charge in [-0.05, 0) is 36.1 Å². The predicted molar refractivity (Wildman–Crippen MR) is 111 cm³/mol. The molecule has 0 heterocycles. The Bertz CT molecular complexity index is 908. The molecule has 0 aromatic heterocycles. The molecule has 3 rings (SSSR count). The molecule has 0 aliphatic heterocycles. The number of hydrogen-bond donors (Lipinski definition) is 1. The van der Waals surface area contributed by atoms with E-state index in [9.17, 15) is 4.79 Å². The third kappa shape index (κ3) is 5.21. The number of nitrogens with two attached hydrogens (primary N) is 1. The first-order valence-corrected chi connectivity index (χ1v) is 9.44. The summed E-state index contributed by atoms with van der Waals surface area (Å²) >= 11 is 0. The Labute approximate surface area is 165 Å². The van der Waals surface area contributed by atoms with E-state index in [1.807, 2.05) is 78.9 Å². The van der Waals surface area contributed by atoms with E-state index in [2.05, 4.69) is 0 Å². The van der Waals surface area contributed by atoms with E-state index in [4.69, 9.17) is 15.2 Å². The molecule has 0 radical (unpaired) electrons. The molecule has 0 aliphatic rings. The first-order valence-electron chi connectivity index (χ1n) is 9.44. The van der Waals surface area contributed by atoms with Crippen molar-refractivity contribution in [1.82, 2.24) is 0 Å². The fourth-order valence-corrected chi connectivity index (χ4v) is 3.02. The molecule has 0 bridgehead atoms. The molecule has 0 fully saturated rings. The molecule has 144 valence electrons. The minimum absolute atomic E-state index is 0.332. The van der Waals surface area contributed by atoms with Crippen LogP contribution in [0, 0.1) is 0 Å². The second-order valence-electron chi connectivity index (χ2n) is 6.53. The van der Waals surface area contributed by atoms with E-state index in [0.29, 0.717) is 19.6 Å². The van der Waals surface area contributed by atoms with E-state index < -0.39 is 6.04 Å². The van der Waals surface area contributed by atoms with Crippen LogP contribution in [0.5, 0.6) is 5.75 Å². The fourth-order valence-electron chi connectivity index (χ4n) is 3.02. The summed E-state index contributed by atoms with van der Waals surface area (Å²) < 4.78 is 11.1. The largest absolute Gasteiger partial charge is 0.488 e. The topological polar surface area (TPSA) is 61.5 Å². The van der Waals surface area contributed by atoms with Crippen LogP contribution < -0.4 is 10.5 Å². The van der Waals surface area contributed by atoms with Crippen LogP contribution in [-0.4, -0.2) is 18.6 Å². The van der Waals surface area contributed by atoms with Gasteiger partial charge in [-0.1, -0.05) is 72.8 Å². The molecule has 4 nitrogen and oxygen atoms in total. The van der Waals surface area contributed by atoms with Crippen LogP contribution in [0.4, 0.5) is 0 Å². The number of para-hydroxylation sites is 1. The van der Waals surface area contributed by atoms with Crippen molar-refractivity contribution in [3.63, 3.8) is 0 Å². The summed E-state index contributed by atoms with van der Waals surface area (Å²) in [5, 5.41) is 0. The maximum Gasteiger partial charge on any atom is 0.323 e. The molecule has 1 atom stereocenters. The lowest BCUT2D eigenvalue weighted by molar-refractivity contribution is -0.144. The van der Waals surface area contributed by atoms with E-state index in [1.165, 1.54) is 0 Å². The third-order valence-electron chi connectivity index (χ3n) is 4.41. The Balaban J connectivity index is 1.77. The molecule has 0 aliphatic carbocycles. The molecule has 0 saturated heterocycles. The summed E-state index contributed by atoms with van der Waals surface area (Å²) in [6, 6.07) is 25.4. The first kappa shape index (κ1) is 19.6. The Morgan fingerprint density at radius 1 is 0.929 bits per heavy atom. The van der Waals surface area contributed by atoms with Gasteiger partial charge in [0, 0.05) is 5.56 Å². The number of carbonyl (C=O) groups excluding carboxylic acids is 1. The van der Waals surface area contributed by atoms with Crippen LogP contribution >= 0.6 is 0 Å². The van der Waals surface area contributed by atoms with Gasteiger partial charge < -0.3 is 15.2 Å². The van der Waals surface area contributed by atoms with Crippen LogP contribution in [-0.2, 0) is 22.6 Å². The Hall–Kier alpha value is -3.11. The summed E-state index contributed by atoms with van der Waals surface area (Å²) in [6.45, 7) is 2.61. The molecule has 0 unspecified atom stereocenters. The molecular weight excluding hydrogens is 350 g/mol. The lowest BCUT2D eigenvalue weighted by Crippen LogP contribution is -2.34. The Morgan fingerprint density at radius 3 is 2.43 bits per heavy atom. The average Bonchev–Trinajstić information content (AvgIpc) is 2.73. The van der Waals surface area contributed by atoms with Gasteiger partial charge in [-0.2, -0.15) is 0 Å². The van der Waals surface area contributed by atoms with Gasteiger partial charge in [0.05, 0.1) is 6.61 Å². The van der Waals surface area contributed by atoms with Gasteiger partial charge in [-0.3, -0.25) is 4.79 Å². The maximum atomic E-state index is 11.8. The van der Waals surface area contributed by atoms with Gasteiger partial charge >= 0.3 is 5.97 Å². The third-order valence-corrected chi connectivity index (χ3v) is 4.41. The first-order chi connectivity index (χ1) is 13.7. The minimum atomic E-state index is -0.667. The van der Waals surface area contributed by atoms with Crippen molar-refractivity contribution in [3.05, 3.63) is 90.0 Å². The molecule has 28 heavy (non-hydrogen) atoms. The molecule has 4 heteroatoms. The van der Waals surface area contributed by atoms with Gasteiger partial charge in [-0.25, -0.2) is 0 Å². The van der Waals surface area contributed by atoms with Gasteiger partial charge in [0.2, 0.25) is 0 Å². The smallest absolute Gasteiger partial charge is 0.323 e. The number of rotatable bonds is 8. The number of benzene rings is 3. The van der Waals surface area contributed by atoms with Gasteiger partial charge in [-0.15, -0.1) is 0 Å². The van der Waals surface area contributed by atoms with Crippen molar-refractivity contribution in [2.24, 2.45) is 5.73 Å². The highest BCUT2D eigenvalue weighted by atomic mass is 16.5. The number of hydrogen-bond acceptors (Lipinski definition) is 4. The van der Waals surface area contributed by atoms with Crippen LogP contribution in [0.1, 0.15) is 18.1 Å². The summed E-state index contributed by atoms with van der Waals surface area (Å²) in [6.07, 6.45) is 0.430. The van der Waals surface area contributed by atoms with Crippen LogP contribution in [0.2, 0.25) is 0 Å². The lowest BCUT2D eigenvalue weighted by Gasteiger charge is -2.14. The molecule has 0 saturated carbocycles. The summed E-state index contributed by atoms with van der Waals surface area (Å²) in [5.41, 5.74) is 10.1. The molecule has 0 amide bonds. The highest BCUT2D eigenvalue weighted by molar-refractivity contribution is 5.76. The minimum Gasteiger partial charge on any atom is -0.488 e. The monoisotopic (exact) mass is 375 g/mol. The zero-order valence-corrected chi connectivity index (χ0v) is 16.0. The average molecular weight is 375 g/mol. The maximum absolute atomic E-state index is 11.8. The summed E-state index contributed by atoms with van der Waals surface area (Å²) in [5.74, 6) is 0.442. The summed E-state index contributed by atoms with van der Waals surface area (Å²) in [4.78, 5) is 11.8. The summed E-state index contributed by atoms with van der Waals surface area (Å²) in [7, 11) is 0. The second kappa shape index (κ2) is 9.72. The number of carbonyl (C=O) groups is 1. The van der Waals surface area contributed by atoms with E-state index in [-0.39, 0.29) is 5.97 Å². The number of esters is 1. The van der Waals surface area contributed by atoms with Crippen LogP contribution in [0.3, 0.4) is 0 Å². The van der Waals surface area contributed by atoms with Gasteiger partial charge in [0.1, 0.15) is 18.4 Å². The van der Waals surface area contributed by atoms with Crippen LogP contribution in [0.15, 0.2) is 78.9 Å². The second-order valence-corrected chi connectivity index (χ2v) is 6.53. The zero-order valence-electron chi connectivity index (χ0n) is 16.0. The van der Waals surface area contributed by atoms with Crippen molar-refractivity contribution in [1.29, 1.82) is 0 Å². The lowest BCUT2D eigenvalue weighted by atomic mass is 9.99. The van der Waals surface area contributed by atoms with Crippen molar-refractivity contribution in [2.45, 2.75) is 26.0 Å². The highest BCUT2D eigenvalue weighted by Crippen LogP contribution is 2.31. The van der Waals surface area contributed by atoms with E-state index >= 15 is 0 Å². The normalized spacial score (nSPS) is 11.6. The Kier molecular flexibility index (Phi) is 6.82. The van der Waals surface area contributed by atoms with Crippen LogP contribution in [0.25, 0.3) is 11.1 Å². The quantitative estimate of drug-likeness (QED) is 0.594. The van der Waals surface area contributed by atoms with Crippen molar-refractivity contribution >= 4 is 5.97 Å². The predicted octanol–water partition coefficient (Wildman–Crippen LogP) is 4.37. The van der Waals surface area contributed by atoms with Crippen molar-refractivity contribution in [3.8, 4) is 16.9 Å². The zero-order chi connectivity index (χ0) is 19.8. The molecule has 0 spiro atoms. The van der Waals surface area contributed by atoms with Gasteiger partial charge in [0.15, 0.2) is 0 Å². The standard InChI is InChI=1S/C24H25NO3/c1-2-27-24(26)22(25)16-19-11-8-12-20(15-19)21-13-6-7-14-23(21)28-17-18-9-4-3-5-10-18/h3-15,22H,2,16-17,25H2,1H3/t22-/m1/s1.